The molecule has 0 bridgehead atoms. The van der Waals surface area contributed by atoms with Crippen LogP contribution >= 0.6 is 0 Å². The Bertz CT molecular complexity index is 3460. The van der Waals surface area contributed by atoms with Gasteiger partial charge in [-0.25, -0.2) is 4.99 Å². The van der Waals surface area contributed by atoms with Crippen molar-refractivity contribution in [1.82, 2.24) is 19.8 Å². The van der Waals surface area contributed by atoms with Crippen molar-refractivity contribution in [3.05, 3.63) is 236 Å². The van der Waals surface area contributed by atoms with Gasteiger partial charge in [0, 0.05) is 32.7 Å². The minimum absolute atomic E-state index is 0.291. The number of para-hydroxylation sites is 2. The van der Waals surface area contributed by atoms with Gasteiger partial charge in [-0.2, -0.15) is 0 Å². The molecule has 294 valence electrons. The van der Waals surface area contributed by atoms with E-state index < -0.39 is 0 Å². The van der Waals surface area contributed by atoms with Crippen LogP contribution in [0.5, 0.6) is 0 Å². The predicted octanol–water partition coefficient (Wildman–Crippen LogP) is 13.7. The van der Waals surface area contributed by atoms with Crippen LogP contribution in [0, 0.1) is 0 Å². The quantitative estimate of drug-likeness (QED) is 0.169. The van der Waals surface area contributed by atoms with Crippen molar-refractivity contribution in [2.45, 2.75) is 12.5 Å². The number of rotatable bonds is 7. The number of fused-ring (bicyclic) bond motifs is 6. The van der Waals surface area contributed by atoms with Crippen LogP contribution < -0.4 is 10.6 Å². The molecule has 0 aliphatic carbocycles. The van der Waals surface area contributed by atoms with Crippen molar-refractivity contribution in [2.24, 2.45) is 4.99 Å². The van der Waals surface area contributed by atoms with Crippen molar-refractivity contribution in [3.63, 3.8) is 0 Å². The molecule has 0 spiro atoms. The zero-order chi connectivity index (χ0) is 41.0. The maximum absolute atomic E-state index is 5.35. The Labute approximate surface area is 359 Å². The normalized spacial score (nSPS) is 15.3. The standard InChI is InChI=1S/C57H41N5/c1-5-18-38(19-6-1)42-26-17-27-44(34-42)56-58-55(41-24-11-4-12-25-41)59-57(60-56)62-51-31-16-14-29-46(51)49-36-48-45-28-13-15-30-50(45)61(53(48)37-54(49)62)52-33-32-43(39-20-7-2-8-21-39)35-47(52)40-22-9-3-10-23-40/h1-37,55,57,59H,(H,58,60). The summed E-state index contributed by atoms with van der Waals surface area (Å²) in [6, 6.07) is 80.6. The number of nitrogens with one attached hydrogen (secondary N) is 2. The topological polar surface area (TPSA) is 46.3 Å². The molecule has 0 amide bonds. The van der Waals surface area contributed by atoms with E-state index in [0.717, 1.165) is 44.8 Å². The van der Waals surface area contributed by atoms with E-state index in [4.69, 9.17) is 4.99 Å². The molecule has 12 rings (SSSR count). The molecule has 2 atom stereocenters. The summed E-state index contributed by atoms with van der Waals surface area (Å²) < 4.78 is 4.91. The van der Waals surface area contributed by atoms with Crippen molar-refractivity contribution >= 4 is 49.4 Å². The fourth-order valence-corrected chi connectivity index (χ4v) is 9.49. The summed E-state index contributed by atoms with van der Waals surface area (Å²) >= 11 is 0. The number of aliphatic imine (C=N–C) groups is 1. The molecule has 2 aromatic heterocycles. The SMILES string of the molecule is c1ccc(-c2cccc(C3=NC(c4ccccc4)NC(n4c5ccccc5c5cc6c7ccccc7n(-c7ccc(-c8ccccc8)cc7-c7ccccc7)c6cc54)N3)c2)cc1. The Hall–Kier alpha value is -7.99. The highest BCUT2D eigenvalue weighted by molar-refractivity contribution is 6.19. The molecule has 0 radical (unpaired) electrons. The van der Waals surface area contributed by atoms with Crippen LogP contribution in [0.15, 0.2) is 229 Å². The molecule has 5 heteroatoms. The highest BCUT2D eigenvalue weighted by Gasteiger charge is 2.29. The fourth-order valence-electron chi connectivity index (χ4n) is 9.49. The monoisotopic (exact) mass is 795 g/mol. The second kappa shape index (κ2) is 14.9. The van der Waals surface area contributed by atoms with Crippen molar-refractivity contribution in [1.29, 1.82) is 0 Å². The summed E-state index contributed by atoms with van der Waals surface area (Å²) in [5.74, 6) is 0.840. The number of hydrogen-bond acceptors (Lipinski definition) is 3. The molecule has 11 aromatic rings. The van der Waals surface area contributed by atoms with Crippen molar-refractivity contribution < 1.29 is 0 Å². The van der Waals surface area contributed by atoms with Gasteiger partial charge in [0.05, 0.1) is 27.8 Å². The first-order valence-electron chi connectivity index (χ1n) is 21.3. The Morgan fingerprint density at radius 1 is 0.371 bits per heavy atom. The van der Waals surface area contributed by atoms with E-state index in [9.17, 15) is 0 Å². The maximum Gasteiger partial charge on any atom is 0.162 e. The average molecular weight is 796 g/mol. The van der Waals surface area contributed by atoms with Crippen LogP contribution in [-0.2, 0) is 0 Å². The third-order valence-corrected chi connectivity index (χ3v) is 12.4. The molecule has 2 unspecified atom stereocenters. The number of benzene rings is 9. The van der Waals surface area contributed by atoms with E-state index in [2.05, 4.69) is 244 Å². The lowest BCUT2D eigenvalue weighted by molar-refractivity contribution is 0.329. The molecule has 9 aromatic carbocycles. The predicted molar refractivity (Wildman–Crippen MR) is 258 cm³/mol. The molecular formula is C57H41N5. The van der Waals surface area contributed by atoms with E-state index in [1.807, 2.05) is 0 Å². The third kappa shape index (κ3) is 6.09. The first-order valence-corrected chi connectivity index (χ1v) is 21.3. The van der Waals surface area contributed by atoms with Crippen LogP contribution in [-0.4, -0.2) is 15.0 Å². The first-order chi connectivity index (χ1) is 30.7. The van der Waals surface area contributed by atoms with Gasteiger partial charge in [-0.05, 0) is 75.8 Å². The molecule has 0 saturated carbocycles. The van der Waals surface area contributed by atoms with Gasteiger partial charge in [-0.15, -0.1) is 0 Å². The Morgan fingerprint density at radius 3 is 1.63 bits per heavy atom. The second-order valence-corrected chi connectivity index (χ2v) is 16.0. The van der Waals surface area contributed by atoms with Gasteiger partial charge in [-0.1, -0.05) is 182 Å². The van der Waals surface area contributed by atoms with Crippen LogP contribution in [0.3, 0.4) is 0 Å². The molecule has 5 nitrogen and oxygen atoms in total. The summed E-state index contributed by atoms with van der Waals surface area (Å²) in [7, 11) is 0. The van der Waals surface area contributed by atoms with Gasteiger partial charge in [0.25, 0.3) is 0 Å². The Morgan fingerprint density at radius 2 is 0.919 bits per heavy atom. The van der Waals surface area contributed by atoms with Gasteiger partial charge in [0.15, 0.2) is 6.29 Å². The zero-order valence-electron chi connectivity index (χ0n) is 33.9. The van der Waals surface area contributed by atoms with E-state index >= 15 is 0 Å². The highest BCUT2D eigenvalue weighted by Crippen LogP contribution is 2.42. The van der Waals surface area contributed by atoms with Crippen molar-refractivity contribution in [2.75, 3.05) is 0 Å². The lowest BCUT2D eigenvalue weighted by Gasteiger charge is -2.33. The fraction of sp³-hybridized carbons (Fsp3) is 0.0351. The molecule has 0 fully saturated rings. The number of nitrogens with zero attached hydrogens (tertiary/aromatic N) is 3. The van der Waals surface area contributed by atoms with E-state index in [-0.39, 0.29) is 12.5 Å². The highest BCUT2D eigenvalue weighted by atomic mass is 15.4. The summed E-state index contributed by atoms with van der Waals surface area (Å²) in [5.41, 5.74) is 14.9. The smallest absolute Gasteiger partial charge is 0.162 e. The van der Waals surface area contributed by atoms with Gasteiger partial charge in [0.1, 0.15) is 12.0 Å². The number of amidine groups is 1. The number of aromatic nitrogens is 2. The minimum Gasteiger partial charge on any atom is -0.337 e. The minimum atomic E-state index is -0.337. The summed E-state index contributed by atoms with van der Waals surface area (Å²) in [5, 5.41) is 12.7. The second-order valence-electron chi connectivity index (χ2n) is 16.0. The summed E-state index contributed by atoms with van der Waals surface area (Å²) in [4.78, 5) is 5.35. The lowest BCUT2D eigenvalue weighted by atomic mass is 9.97. The van der Waals surface area contributed by atoms with Crippen LogP contribution in [0.1, 0.15) is 23.6 Å². The van der Waals surface area contributed by atoms with Crippen LogP contribution in [0.2, 0.25) is 0 Å². The number of hydrogen-bond donors (Lipinski definition) is 2. The van der Waals surface area contributed by atoms with E-state index in [0.29, 0.717) is 0 Å². The molecular weight excluding hydrogens is 755 g/mol. The van der Waals surface area contributed by atoms with E-state index in [1.54, 1.807) is 0 Å². The molecule has 3 heterocycles. The van der Waals surface area contributed by atoms with Gasteiger partial charge in [-0.3, -0.25) is 5.32 Å². The van der Waals surface area contributed by atoms with Gasteiger partial charge < -0.3 is 14.5 Å². The van der Waals surface area contributed by atoms with Crippen LogP contribution in [0.25, 0.3) is 82.7 Å². The van der Waals surface area contributed by atoms with Crippen LogP contribution in [0.4, 0.5) is 0 Å². The first kappa shape index (κ1) is 35.9. The third-order valence-electron chi connectivity index (χ3n) is 12.4. The lowest BCUT2D eigenvalue weighted by Crippen LogP contribution is -2.47. The van der Waals surface area contributed by atoms with Gasteiger partial charge >= 0.3 is 0 Å². The van der Waals surface area contributed by atoms with Gasteiger partial charge in [0.2, 0.25) is 0 Å². The Balaban J connectivity index is 1.08. The molecule has 1 aliphatic rings. The Kier molecular flexibility index (Phi) is 8.65. The maximum atomic E-state index is 5.35. The summed E-state index contributed by atoms with van der Waals surface area (Å²) in [6.45, 7) is 0. The van der Waals surface area contributed by atoms with Crippen molar-refractivity contribution in [3.8, 4) is 39.1 Å². The average Bonchev–Trinajstić information content (AvgIpc) is 3.86. The summed E-state index contributed by atoms with van der Waals surface area (Å²) in [6.07, 6.45) is -0.628. The van der Waals surface area contributed by atoms with E-state index in [1.165, 1.54) is 54.9 Å². The molecule has 2 N–H and O–H groups in total. The molecule has 0 saturated heterocycles. The zero-order valence-corrected chi connectivity index (χ0v) is 33.9. The molecule has 62 heavy (non-hydrogen) atoms. The molecule has 1 aliphatic heterocycles. The largest absolute Gasteiger partial charge is 0.337 e.